The van der Waals surface area contributed by atoms with Gasteiger partial charge in [-0.15, -0.1) is 0 Å². The van der Waals surface area contributed by atoms with Gasteiger partial charge in [0, 0.05) is 12.1 Å². The second-order valence-corrected chi connectivity index (χ2v) is 5.06. The molecule has 124 valence electrons. The van der Waals surface area contributed by atoms with E-state index >= 15 is 0 Å². The molecule has 0 aliphatic rings. The summed E-state index contributed by atoms with van der Waals surface area (Å²) in [5, 5.41) is 6.09. The molecule has 4 nitrogen and oxygen atoms in total. The molecule has 0 atom stereocenters. The van der Waals surface area contributed by atoms with E-state index in [1.54, 1.807) is 13.8 Å². The average molecular weight is 330 g/mol. The lowest BCUT2D eigenvalue weighted by atomic mass is 10.1. The lowest BCUT2D eigenvalue weighted by Crippen LogP contribution is -2.26. The Morgan fingerprint density at radius 3 is 2.57 bits per heavy atom. The fraction of sp³-hybridized carbons (Fsp3) is 0.333. The minimum atomic E-state index is -4.69. The van der Waals surface area contributed by atoms with E-state index in [4.69, 9.17) is 4.52 Å². The molecule has 2 aromatic rings. The molecule has 1 aromatic heterocycles. The number of carbonyl (C=O) groups excluding carboxylic acids is 1. The first kappa shape index (κ1) is 17.0. The van der Waals surface area contributed by atoms with Crippen LogP contribution in [0.3, 0.4) is 0 Å². The second-order valence-electron chi connectivity index (χ2n) is 5.06. The highest BCUT2D eigenvalue weighted by molar-refractivity contribution is 5.79. The summed E-state index contributed by atoms with van der Waals surface area (Å²) >= 11 is 0. The Morgan fingerprint density at radius 1 is 1.30 bits per heavy atom. The molecule has 0 aliphatic carbocycles. The van der Waals surface area contributed by atoms with Crippen molar-refractivity contribution in [2.75, 3.05) is 0 Å². The van der Waals surface area contributed by atoms with Gasteiger partial charge in [0.1, 0.15) is 11.6 Å². The van der Waals surface area contributed by atoms with E-state index in [1.807, 2.05) is 0 Å². The molecular formula is C15H14F4N2O2. The monoisotopic (exact) mass is 330 g/mol. The summed E-state index contributed by atoms with van der Waals surface area (Å²) in [6.07, 6.45) is -4.74. The van der Waals surface area contributed by atoms with Gasteiger partial charge >= 0.3 is 6.18 Å². The average Bonchev–Trinajstić information content (AvgIpc) is 2.77. The number of rotatable bonds is 4. The van der Waals surface area contributed by atoms with E-state index in [0.29, 0.717) is 23.1 Å². The maximum absolute atomic E-state index is 13.0. The van der Waals surface area contributed by atoms with Gasteiger partial charge in [0.15, 0.2) is 0 Å². The number of aromatic nitrogens is 1. The van der Waals surface area contributed by atoms with Crippen LogP contribution in [0.5, 0.6) is 0 Å². The number of alkyl halides is 3. The fourth-order valence-electron chi connectivity index (χ4n) is 2.14. The van der Waals surface area contributed by atoms with Gasteiger partial charge in [-0.2, -0.15) is 13.2 Å². The Morgan fingerprint density at radius 2 is 2.00 bits per heavy atom. The topological polar surface area (TPSA) is 55.1 Å². The van der Waals surface area contributed by atoms with Crippen LogP contribution in [0.4, 0.5) is 17.6 Å². The number of halogens is 4. The van der Waals surface area contributed by atoms with Gasteiger partial charge in [0.2, 0.25) is 5.91 Å². The highest BCUT2D eigenvalue weighted by Gasteiger charge is 2.33. The predicted molar refractivity (Wildman–Crippen MR) is 72.9 cm³/mol. The van der Waals surface area contributed by atoms with Crippen molar-refractivity contribution in [3.63, 3.8) is 0 Å². The third kappa shape index (κ3) is 4.08. The first-order chi connectivity index (χ1) is 10.7. The summed E-state index contributed by atoms with van der Waals surface area (Å²) in [6, 6.07) is 2.34. The molecule has 0 saturated heterocycles. The Labute approximate surface area is 129 Å². The summed E-state index contributed by atoms with van der Waals surface area (Å²) in [7, 11) is 0. The maximum Gasteiger partial charge on any atom is 0.416 e. The Kier molecular flexibility index (Phi) is 4.72. The molecular weight excluding hydrogens is 316 g/mol. The van der Waals surface area contributed by atoms with Crippen molar-refractivity contribution in [3.05, 3.63) is 52.2 Å². The quantitative estimate of drug-likeness (QED) is 0.875. The summed E-state index contributed by atoms with van der Waals surface area (Å²) in [5.74, 6) is -0.976. The van der Waals surface area contributed by atoms with Gasteiger partial charge in [-0.05, 0) is 31.5 Å². The van der Waals surface area contributed by atoms with Crippen LogP contribution in [0.15, 0.2) is 22.7 Å². The number of nitrogens with zero attached hydrogens (tertiary/aromatic N) is 1. The van der Waals surface area contributed by atoms with Crippen LogP contribution >= 0.6 is 0 Å². The number of aryl methyl sites for hydroxylation is 2. The molecule has 1 N–H and O–H groups in total. The van der Waals surface area contributed by atoms with Crippen LogP contribution in [0, 0.1) is 19.7 Å². The maximum atomic E-state index is 13.0. The summed E-state index contributed by atoms with van der Waals surface area (Å²) in [4.78, 5) is 11.9. The molecule has 1 aromatic carbocycles. The van der Waals surface area contributed by atoms with Gasteiger partial charge in [-0.1, -0.05) is 11.2 Å². The fourth-order valence-corrected chi connectivity index (χ4v) is 2.14. The zero-order valence-corrected chi connectivity index (χ0v) is 12.4. The highest BCUT2D eigenvalue weighted by atomic mass is 19.4. The zero-order chi connectivity index (χ0) is 17.2. The number of hydrogen-bond donors (Lipinski definition) is 1. The van der Waals surface area contributed by atoms with Crippen LogP contribution < -0.4 is 5.32 Å². The molecule has 8 heteroatoms. The number of carbonyl (C=O) groups is 1. The van der Waals surface area contributed by atoms with E-state index in [0.717, 1.165) is 12.1 Å². The third-order valence-corrected chi connectivity index (χ3v) is 3.37. The molecule has 1 heterocycles. The SMILES string of the molecule is Cc1noc(C)c1CC(=O)NCc1ccc(F)cc1C(F)(F)F. The van der Waals surface area contributed by atoms with Gasteiger partial charge in [0.25, 0.3) is 0 Å². The molecule has 0 saturated carbocycles. The first-order valence-corrected chi connectivity index (χ1v) is 6.72. The number of amides is 1. The first-order valence-electron chi connectivity index (χ1n) is 6.72. The van der Waals surface area contributed by atoms with Crippen molar-refractivity contribution < 1.29 is 26.9 Å². The van der Waals surface area contributed by atoms with E-state index < -0.39 is 23.5 Å². The lowest BCUT2D eigenvalue weighted by Gasteiger charge is -2.13. The number of nitrogens with one attached hydrogen (secondary N) is 1. The number of benzene rings is 1. The van der Waals surface area contributed by atoms with E-state index in [-0.39, 0.29) is 18.5 Å². The lowest BCUT2D eigenvalue weighted by molar-refractivity contribution is -0.138. The van der Waals surface area contributed by atoms with Gasteiger partial charge < -0.3 is 9.84 Å². The normalized spacial score (nSPS) is 11.6. The summed E-state index contributed by atoms with van der Waals surface area (Å²) in [6.45, 7) is 2.96. The molecule has 23 heavy (non-hydrogen) atoms. The van der Waals surface area contributed by atoms with Crippen molar-refractivity contribution in [1.29, 1.82) is 0 Å². The van der Waals surface area contributed by atoms with Crippen LogP contribution in [0.1, 0.15) is 28.1 Å². The van der Waals surface area contributed by atoms with Crippen molar-refractivity contribution >= 4 is 5.91 Å². The molecule has 0 spiro atoms. The van der Waals surface area contributed by atoms with Crippen LogP contribution in [-0.4, -0.2) is 11.1 Å². The minimum Gasteiger partial charge on any atom is -0.361 e. The smallest absolute Gasteiger partial charge is 0.361 e. The Balaban J connectivity index is 2.08. The third-order valence-electron chi connectivity index (χ3n) is 3.37. The predicted octanol–water partition coefficient (Wildman–Crippen LogP) is 3.31. The Bertz CT molecular complexity index is 703. The standard InChI is InChI=1S/C15H14F4N2O2/c1-8-12(9(2)23-21-8)6-14(22)20-7-10-3-4-11(16)5-13(10)15(17,18)19/h3-5H,6-7H2,1-2H3,(H,20,22). The van der Waals surface area contributed by atoms with E-state index in [1.165, 1.54) is 0 Å². The number of hydrogen-bond acceptors (Lipinski definition) is 3. The van der Waals surface area contributed by atoms with Gasteiger partial charge in [0.05, 0.1) is 17.7 Å². The van der Waals surface area contributed by atoms with Gasteiger partial charge in [-0.25, -0.2) is 4.39 Å². The van der Waals surface area contributed by atoms with Crippen molar-refractivity contribution in [2.45, 2.75) is 33.0 Å². The van der Waals surface area contributed by atoms with E-state index in [9.17, 15) is 22.4 Å². The van der Waals surface area contributed by atoms with Crippen LogP contribution in [0.2, 0.25) is 0 Å². The largest absolute Gasteiger partial charge is 0.416 e. The van der Waals surface area contributed by atoms with Crippen molar-refractivity contribution in [2.24, 2.45) is 0 Å². The second kappa shape index (κ2) is 6.39. The minimum absolute atomic E-state index is 0.0519. The van der Waals surface area contributed by atoms with Crippen molar-refractivity contribution in [1.82, 2.24) is 10.5 Å². The summed E-state index contributed by atoms with van der Waals surface area (Å²) in [5.41, 5.74) is -0.158. The molecule has 0 unspecified atom stereocenters. The molecule has 0 aliphatic heterocycles. The van der Waals surface area contributed by atoms with Crippen molar-refractivity contribution in [3.8, 4) is 0 Å². The van der Waals surface area contributed by atoms with Gasteiger partial charge in [-0.3, -0.25) is 4.79 Å². The van der Waals surface area contributed by atoms with Crippen LogP contribution in [-0.2, 0) is 23.9 Å². The summed E-state index contributed by atoms with van der Waals surface area (Å²) < 4.78 is 56.5. The molecule has 0 bridgehead atoms. The van der Waals surface area contributed by atoms with Crippen LogP contribution in [0.25, 0.3) is 0 Å². The molecule has 0 fully saturated rings. The molecule has 1 amide bonds. The zero-order valence-electron chi connectivity index (χ0n) is 12.4. The van der Waals surface area contributed by atoms with E-state index in [2.05, 4.69) is 10.5 Å². The molecule has 2 rings (SSSR count). The highest BCUT2D eigenvalue weighted by Crippen LogP contribution is 2.32. The Hall–Kier alpha value is -2.38. The molecule has 0 radical (unpaired) electrons.